The van der Waals surface area contributed by atoms with Gasteiger partial charge < -0.3 is 26.2 Å². The summed E-state index contributed by atoms with van der Waals surface area (Å²) in [5.41, 5.74) is 15.2. The molecule has 2 aromatic heterocycles. The first kappa shape index (κ1) is 27.3. The van der Waals surface area contributed by atoms with Gasteiger partial charge in [0.2, 0.25) is 0 Å². The van der Waals surface area contributed by atoms with Crippen LogP contribution in [0.3, 0.4) is 0 Å². The number of hydrogen-bond acceptors (Lipinski definition) is 9. The van der Waals surface area contributed by atoms with Gasteiger partial charge in [-0.15, -0.1) is 17.8 Å². The van der Waals surface area contributed by atoms with Crippen LogP contribution in [-0.2, 0) is 17.7 Å². The molecule has 0 radical (unpaired) electrons. The smallest absolute Gasteiger partial charge is 0.165 e. The number of hydrazine groups is 2. The van der Waals surface area contributed by atoms with E-state index in [0.29, 0.717) is 33.2 Å². The third-order valence-corrected chi connectivity index (χ3v) is 9.49. The van der Waals surface area contributed by atoms with E-state index in [1.807, 2.05) is 18.3 Å². The van der Waals surface area contributed by atoms with Crippen LogP contribution in [0.1, 0.15) is 27.6 Å². The fraction of sp³-hybridized carbons (Fsp3) is 0.233. The molecule has 3 aliphatic rings. The van der Waals surface area contributed by atoms with Crippen LogP contribution in [0.25, 0.3) is 10.9 Å². The van der Waals surface area contributed by atoms with E-state index in [4.69, 9.17) is 34.4 Å². The van der Waals surface area contributed by atoms with Gasteiger partial charge in [0.05, 0.1) is 63.5 Å². The first-order valence-electron chi connectivity index (χ1n) is 13.4. The SMILES string of the molecule is C#Cc1cnc2c(Cl)cc(N[C@H](C3=CNNN3)c3csc4c3CCN(C3COC3)C4)cc2c1Nc1cccc(Cl)c1F. The van der Waals surface area contributed by atoms with Crippen molar-refractivity contribution in [2.75, 3.05) is 30.4 Å². The maximum absolute atomic E-state index is 14.9. The van der Waals surface area contributed by atoms with Crippen molar-refractivity contribution in [2.45, 2.75) is 25.0 Å². The molecule has 0 saturated carbocycles. The lowest BCUT2D eigenvalue weighted by Crippen LogP contribution is -2.50. The van der Waals surface area contributed by atoms with Crippen molar-refractivity contribution in [1.82, 2.24) is 26.3 Å². The molecule has 0 aliphatic carbocycles. The molecule has 214 valence electrons. The number of thiophene rings is 1. The molecule has 12 heteroatoms. The molecule has 7 rings (SSSR count). The molecule has 1 atom stereocenters. The molecule has 5 N–H and O–H groups in total. The molecule has 0 spiro atoms. The number of benzene rings is 2. The fourth-order valence-corrected chi connectivity index (χ4v) is 7.18. The van der Waals surface area contributed by atoms with Crippen LogP contribution in [0.2, 0.25) is 10.0 Å². The molecule has 2 aromatic carbocycles. The van der Waals surface area contributed by atoms with Gasteiger partial charge in [0.15, 0.2) is 5.82 Å². The second-order valence-electron chi connectivity index (χ2n) is 10.3. The third-order valence-electron chi connectivity index (χ3n) is 7.88. The number of hydrogen-bond donors (Lipinski definition) is 5. The summed E-state index contributed by atoms with van der Waals surface area (Å²) in [6.45, 7) is 3.55. The molecule has 42 heavy (non-hydrogen) atoms. The van der Waals surface area contributed by atoms with Crippen LogP contribution >= 0.6 is 34.5 Å². The van der Waals surface area contributed by atoms with Crippen LogP contribution in [0.15, 0.2) is 53.8 Å². The summed E-state index contributed by atoms with van der Waals surface area (Å²) in [6, 6.07) is 8.84. The largest absolute Gasteiger partial charge is 0.378 e. The van der Waals surface area contributed by atoms with Gasteiger partial charge in [-0.05, 0) is 47.2 Å². The first-order chi connectivity index (χ1) is 20.5. The summed E-state index contributed by atoms with van der Waals surface area (Å²) in [5, 5.41) is 10.2. The predicted octanol–water partition coefficient (Wildman–Crippen LogP) is 5.83. The molecule has 0 bridgehead atoms. The number of fused-ring (bicyclic) bond motifs is 2. The third kappa shape index (κ3) is 4.92. The van der Waals surface area contributed by atoms with E-state index in [9.17, 15) is 4.39 Å². The minimum absolute atomic E-state index is 0.00615. The van der Waals surface area contributed by atoms with E-state index in [0.717, 1.165) is 44.1 Å². The number of terminal acetylenes is 1. The molecule has 8 nitrogen and oxygen atoms in total. The average Bonchev–Trinajstić information content (AvgIpc) is 3.64. The molecular weight excluding hydrogens is 596 g/mol. The van der Waals surface area contributed by atoms with Crippen molar-refractivity contribution in [3.63, 3.8) is 0 Å². The van der Waals surface area contributed by atoms with Crippen molar-refractivity contribution in [3.8, 4) is 12.3 Å². The Kier molecular flexibility index (Phi) is 7.32. The molecule has 4 aromatic rings. The van der Waals surface area contributed by atoms with Crippen molar-refractivity contribution in [3.05, 3.63) is 91.2 Å². The number of nitrogens with zero attached hydrogens (tertiary/aromatic N) is 2. The lowest BCUT2D eigenvalue weighted by Gasteiger charge is -2.39. The van der Waals surface area contributed by atoms with Crippen LogP contribution in [-0.4, -0.2) is 35.7 Å². The average molecular weight is 623 g/mol. The Bertz CT molecular complexity index is 1770. The van der Waals surface area contributed by atoms with Crippen LogP contribution < -0.4 is 27.0 Å². The normalized spacial score (nSPS) is 17.4. The van der Waals surface area contributed by atoms with E-state index in [1.165, 1.54) is 22.1 Å². The Morgan fingerprint density at radius 1 is 1.24 bits per heavy atom. The molecule has 0 unspecified atom stereocenters. The highest BCUT2D eigenvalue weighted by atomic mass is 35.5. The van der Waals surface area contributed by atoms with Crippen LogP contribution in [0.4, 0.5) is 21.5 Å². The summed E-state index contributed by atoms with van der Waals surface area (Å²) in [4.78, 5) is 8.41. The molecule has 5 heterocycles. The number of ether oxygens (including phenoxy) is 1. The summed E-state index contributed by atoms with van der Waals surface area (Å²) in [7, 11) is 0. The van der Waals surface area contributed by atoms with Crippen molar-refractivity contribution in [1.29, 1.82) is 0 Å². The Morgan fingerprint density at radius 2 is 2.12 bits per heavy atom. The zero-order chi connectivity index (χ0) is 28.8. The number of nitrogens with one attached hydrogen (secondary N) is 5. The maximum Gasteiger partial charge on any atom is 0.165 e. The predicted molar refractivity (Wildman–Crippen MR) is 166 cm³/mol. The zero-order valence-corrected chi connectivity index (χ0v) is 24.6. The minimum atomic E-state index is -0.572. The van der Waals surface area contributed by atoms with E-state index >= 15 is 0 Å². The molecule has 3 aliphatic heterocycles. The van der Waals surface area contributed by atoms with Crippen LogP contribution in [0, 0.1) is 18.2 Å². The van der Waals surface area contributed by atoms with Gasteiger partial charge in [0.1, 0.15) is 0 Å². The molecule has 1 saturated heterocycles. The number of halogens is 3. The topological polar surface area (TPSA) is 85.5 Å². The Labute approximate surface area is 256 Å². The van der Waals surface area contributed by atoms with Gasteiger partial charge in [-0.25, -0.2) is 4.39 Å². The molecule has 0 amide bonds. The molecule has 1 fully saturated rings. The highest BCUT2D eigenvalue weighted by Gasteiger charge is 2.33. The number of anilines is 3. The highest BCUT2D eigenvalue weighted by Crippen LogP contribution is 2.40. The Balaban J connectivity index is 1.27. The second kappa shape index (κ2) is 11.3. The minimum Gasteiger partial charge on any atom is -0.378 e. The van der Waals surface area contributed by atoms with Gasteiger partial charge in [0, 0.05) is 41.4 Å². The Morgan fingerprint density at radius 3 is 2.88 bits per heavy atom. The van der Waals surface area contributed by atoms with Crippen LogP contribution in [0.5, 0.6) is 0 Å². The fourth-order valence-electron chi connectivity index (χ4n) is 5.59. The lowest BCUT2D eigenvalue weighted by atomic mass is 9.95. The summed E-state index contributed by atoms with van der Waals surface area (Å²) < 4.78 is 20.3. The van der Waals surface area contributed by atoms with E-state index in [-0.39, 0.29) is 16.8 Å². The Hall–Kier alpha value is -3.56. The summed E-state index contributed by atoms with van der Waals surface area (Å²) in [6.07, 6.45) is 10.3. The molecular formula is C30H26Cl2FN7OS. The van der Waals surface area contributed by atoms with Crippen molar-refractivity contribution in [2.24, 2.45) is 0 Å². The van der Waals surface area contributed by atoms with Crippen molar-refractivity contribution >= 4 is 62.5 Å². The van der Waals surface area contributed by atoms with Crippen molar-refractivity contribution < 1.29 is 9.13 Å². The second-order valence-corrected chi connectivity index (χ2v) is 12.1. The van der Waals surface area contributed by atoms with E-state index < -0.39 is 5.82 Å². The highest BCUT2D eigenvalue weighted by molar-refractivity contribution is 7.10. The van der Waals surface area contributed by atoms with Gasteiger partial charge in [0.25, 0.3) is 0 Å². The number of pyridine rings is 1. The summed E-state index contributed by atoms with van der Waals surface area (Å²) >= 11 is 14.6. The monoisotopic (exact) mass is 621 g/mol. The van der Waals surface area contributed by atoms with E-state index in [1.54, 1.807) is 29.7 Å². The standard InChI is InChI=1S/C30H26Cl2FN7OS/c1-2-16-10-34-29-20(28(16)37-24-5-3-4-22(31)27(24)33)8-17(9-23(29)32)36-30(25-11-35-39-38-25)21-15-42-26-12-40(7-6-19(21)26)18-13-41-14-18/h1,3-5,8-11,15,18,30,35-36,38-39H,6-7,12-14H2,(H,34,37)/t30-/m0/s1. The van der Waals surface area contributed by atoms with Gasteiger partial charge in [-0.3, -0.25) is 9.88 Å². The number of rotatable bonds is 7. The summed E-state index contributed by atoms with van der Waals surface area (Å²) in [5.74, 6) is 2.08. The van der Waals surface area contributed by atoms with Gasteiger partial charge >= 0.3 is 0 Å². The zero-order valence-electron chi connectivity index (χ0n) is 22.2. The maximum atomic E-state index is 14.9. The first-order valence-corrected chi connectivity index (χ1v) is 15.1. The quantitative estimate of drug-likeness (QED) is 0.165. The lowest BCUT2D eigenvalue weighted by molar-refractivity contribution is -0.0691. The van der Waals surface area contributed by atoms with Gasteiger partial charge in [-0.2, -0.15) is 5.53 Å². The number of aromatic nitrogens is 1. The van der Waals surface area contributed by atoms with Gasteiger partial charge in [-0.1, -0.05) is 35.2 Å². The van der Waals surface area contributed by atoms with E-state index in [2.05, 4.69) is 48.2 Å².